The van der Waals surface area contributed by atoms with Crippen LogP contribution in [0, 0.1) is 28.6 Å². The van der Waals surface area contributed by atoms with Crippen molar-refractivity contribution in [2.75, 3.05) is 13.2 Å². The fraction of sp³-hybridized carbons (Fsp3) is 0.900. The van der Waals surface area contributed by atoms with E-state index in [4.69, 9.17) is 9.47 Å². The zero-order chi connectivity index (χ0) is 17.1. The van der Waals surface area contributed by atoms with E-state index in [0.717, 1.165) is 44.3 Å². The second-order valence-corrected chi connectivity index (χ2v) is 8.91. The third-order valence-electron chi connectivity index (χ3n) is 8.16. The van der Waals surface area contributed by atoms with Crippen molar-refractivity contribution in [3.63, 3.8) is 0 Å². The van der Waals surface area contributed by atoms with Crippen molar-refractivity contribution in [3.05, 3.63) is 12.2 Å². The van der Waals surface area contributed by atoms with Crippen LogP contribution in [0.1, 0.15) is 52.4 Å². The van der Waals surface area contributed by atoms with Gasteiger partial charge in [-0.05, 0) is 50.4 Å². The van der Waals surface area contributed by atoms with Gasteiger partial charge in [0, 0.05) is 16.7 Å². The molecule has 0 bridgehead atoms. The Kier molecular flexibility index (Phi) is 4.11. The van der Waals surface area contributed by atoms with Gasteiger partial charge in [-0.2, -0.15) is 0 Å². The Labute approximate surface area is 145 Å². The van der Waals surface area contributed by atoms with Gasteiger partial charge in [0.2, 0.25) is 0 Å². The molecule has 2 saturated carbocycles. The molecule has 8 atom stereocenters. The predicted molar refractivity (Wildman–Crippen MR) is 91.2 cm³/mol. The summed E-state index contributed by atoms with van der Waals surface area (Å²) >= 11 is 0. The zero-order valence-electron chi connectivity index (χ0n) is 15.0. The van der Waals surface area contributed by atoms with Crippen LogP contribution in [0.2, 0.25) is 0 Å². The highest BCUT2D eigenvalue weighted by Gasteiger charge is 2.64. The summed E-state index contributed by atoms with van der Waals surface area (Å²) in [6.07, 6.45) is 5.51. The number of rotatable bonds is 2. The average Bonchev–Trinajstić information content (AvgIpc) is 3.14. The fourth-order valence-electron chi connectivity index (χ4n) is 6.48. The van der Waals surface area contributed by atoms with E-state index in [1.165, 1.54) is 0 Å². The van der Waals surface area contributed by atoms with Gasteiger partial charge in [-0.15, -0.1) is 0 Å². The molecule has 4 heteroatoms. The fourth-order valence-corrected chi connectivity index (χ4v) is 6.48. The molecule has 0 aromatic carbocycles. The Morgan fingerprint density at radius 2 is 2.08 bits per heavy atom. The molecule has 2 saturated heterocycles. The van der Waals surface area contributed by atoms with Crippen LogP contribution in [0.3, 0.4) is 0 Å². The molecule has 2 aliphatic carbocycles. The highest BCUT2D eigenvalue weighted by molar-refractivity contribution is 5.24. The number of ether oxygens (including phenoxy) is 2. The summed E-state index contributed by atoms with van der Waals surface area (Å²) in [7, 11) is 0. The maximum Gasteiger partial charge on any atom is 0.160 e. The molecule has 24 heavy (non-hydrogen) atoms. The number of aliphatic hydroxyl groups is 2. The molecule has 0 spiro atoms. The standard InChI is InChI=1S/C20H32O4/c1-12-5-4-6-15-19(3,13(2)9-16(22)20(12,15)11-21)17-10-14-7-8-23-18(14)24-17/h13-18,21-22H,1,4-11H2,2-3H3/t13-,14-,15-,16+,17+,18+,19+,20+/m1/s1. The molecule has 0 aromatic rings. The Bertz CT molecular complexity index is 508. The molecule has 4 nitrogen and oxygen atoms in total. The Morgan fingerprint density at radius 3 is 2.79 bits per heavy atom. The molecule has 4 rings (SSSR count). The van der Waals surface area contributed by atoms with Gasteiger partial charge < -0.3 is 19.7 Å². The van der Waals surface area contributed by atoms with E-state index in [2.05, 4.69) is 20.4 Å². The van der Waals surface area contributed by atoms with E-state index >= 15 is 0 Å². The third-order valence-corrected chi connectivity index (χ3v) is 8.16. The molecular formula is C20H32O4. The van der Waals surface area contributed by atoms with Crippen LogP contribution < -0.4 is 0 Å². The van der Waals surface area contributed by atoms with Crippen molar-refractivity contribution in [2.45, 2.75) is 70.9 Å². The van der Waals surface area contributed by atoms with E-state index < -0.39 is 11.5 Å². The second-order valence-electron chi connectivity index (χ2n) is 8.91. The van der Waals surface area contributed by atoms with E-state index in [1.807, 2.05) is 0 Å². The summed E-state index contributed by atoms with van der Waals surface area (Å²) < 4.78 is 12.2. The Balaban J connectivity index is 1.72. The SMILES string of the molecule is C=C1CCC[C@H]2[C@@]1(CO)[C@@H](O)C[C@@H](C)[C@]2(C)[C@@H]1C[C@H]2CCO[C@H]2O1. The predicted octanol–water partition coefficient (Wildman–Crippen LogP) is 2.88. The molecular weight excluding hydrogens is 304 g/mol. The Hall–Kier alpha value is -0.420. The number of fused-ring (bicyclic) bond motifs is 2. The average molecular weight is 336 g/mol. The quantitative estimate of drug-likeness (QED) is 0.761. The van der Waals surface area contributed by atoms with Crippen LogP contribution in [0.4, 0.5) is 0 Å². The first-order valence-corrected chi connectivity index (χ1v) is 9.68. The number of aliphatic hydroxyl groups excluding tert-OH is 2. The largest absolute Gasteiger partial charge is 0.395 e. The zero-order valence-corrected chi connectivity index (χ0v) is 15.0. The van der Waals surface area contributed by atoms with E-state index in [-0.39, 0.29) is 30.3 Å². The summed E-state index contributed by atoms with van der Waals surface area (Å²) in [5.74, 6) is 1.09. The first kappa shape index (κ1) is 17.0. The molecule has 4 fully saturated rings. The molecule has 136 valence electrons. The van der Waals surface area contributed by atoms with Gasteiger partial charge >= 0.3 is 0 Å². The first-order chi connectivity index (χ1) is 11.4. The molecule has 2 heterocycles. The summed E-state index contributed by atoms with van der Waals surface area (Å²) in [5, 5.41) is 21.3. The Morgan fingerprint density at radius 1 is 1.29 bits per heavy atom. The monoisotopic (exact) mass is 336 g/mol. The second kappa shape index (κ2) is 5.80. The van der Waals surface area contributed by atoms with Gasteiger partial charge in [0.25, 0.3) is 0 Å². The van der Waals surface area contributed by atoms with Crippen molar-refractivity contribution in [2.24, 2.45) is 28.6 Å². The molecule has 0 amide bonds. The van der Waals surface area contributed by atoms with E-state index in [1.54, 1.807) is 0 Å². The van der Waals surface area contributed by atoms with Gasteiger partial charge in [-0.25, -0.2) is 0 Å². The minimum absolute atomic E-state index is 0.00391. The smallest absolute Gasteiger partial charge is 0.160 e. The lowest BCUT2D eigenvalue weighted by Gasteiger charge is -2.62. The third kappa shape index (κ3) is 2.06. The summed E-state index contributed by atoms with van der Waals surface area (Å²) in [4.78, 5) is 0. The lowest BCUT2D eigenvalue weighted by Crippen LogP contribution is -2.63. The summed E-state index contributed by atoms with van der Waals surface area (Å²) in [6.45, 7) is 9.68. The van der Waals surface area contributed by atoms with Crippen LogP contribution in [0.5, 0.6) is 0 Å². The van der Waals surface area contributed by atoms with Gasteiger partial charge in [0.15, 0.2) is 6.29 Å². The molecule has 0 radical (unpaired) electrons. The minimum atomic E-state index is -0.554. The van der Waals surface area contributed by atoms with Crippen LogP contribution in [0.25, 0.3) is 0 Å². The summed E-state index contributed by atoms with van der Waals surface area (Å²) in [5.41, 5.74) is 0.432. The van der Waals surface area contributed by atoms with Crippen LogP contribution >= 0.6 is 0 Å². The maximum absolute atomic E-state index is 10.9. The molecule has 0 unspecified atom stereocenters. The van der Waals surface area contributed by atoms with Crippen LogP contribution in [-0.4, -0.2) is 41.9 Å². The molecule has 4 aliphatic rings. The van der Waals surface area contributed by atoms with Gasteiger partial charge in [0.05, 0.1) is 25.4 Å². The van der Waals surface area contributed by atoms with Crippen molar-refractivity contribution in [3.8, 4) is 0 Å². The van der Waals surface area contributed by atoms with Gasteiger partial charge in [-0.1, -0.05) is 26.0 Å². The highest BCUT2D eigenvalue weighted by atomic mass is 16.7. The van der Waals surface area contributed by atoms with E-state index in [0.29, 0.717) is 18.3 Å². The van der Waals surface area contributed by atoms with Crippen molar-refractivity contribution >= 4 is 0 Å². The normalized spacial score (nSPS) is 54.6. The van der Waals surface area contributed by atoms with Crippen LogP contribution in [-0.2, 0) is 9.47 Å². The van der Waals surface area contributed by atoms with Gasteiger partial charge in [-0.3, -0.25) is 0 Å². The molecule has 2 N–H and O–H groups in total. The lowest BCUT2D eigenvalue weighted by atomic mass is 9.44. The highest BCUT2D eigenvalue weighted by Crippen LogP contribution is 2.64. The molecule has 0 aromatic heterocycles. The number of hydrogen-bond acceptors (Lipinski definition) is 4. The van der Waals surface area contributed by atoms with Crippen LogP contribution in [0.15, 0.2) is 12.2 Å². The van der Waals surface area contributed by atoms with Crippen molar-refractivity contribution < 1.29 is 19.7 Å². The maximum atomic E-state index is 10.9. The van der Waals surface area contributed by atoms with Crippen molar-refractivity contribution in [1.29, 1.82) is 0 Å². The van der Waals surface area contributed by atoms with E-state index in [9.17, 15) is 10.2 Å². The topological polar surface area (TPSA) is 58.9 Å². The lowest BCUT2D eigenvalue weighted by molar-refractivity contribution is -0.216. The first-order valence-electron chi connectivity index (χ1n) is 9.68. The minimum Gasteiger partial charge on any atom is -0.395 e. The van der Waals surface area contributed by atoms with Crippen molar-refractivity contribution in [1.82, 2.24) is 0 Å². The number of hydrogen-bond donors (Lipinski definition) is 2. The van der Waals surface area contributed by atoms with Gasteiger partial charge in [0.1, 0.15) is 0 Å². The molecule has 2 aliphatic heterocycles. The summed E-state index contributed by atoms with van der Waals surface area (Å²) in [6, 6.07) is 0.